The van der Waals surface area contributed by atoms with Crippen LogP contribution in [0.15, 0.2) is 22.6 Å². The Balaban J connectivity index is 1.80. The Morgan fingerprint density at radius 3 is 2.84 bits per heavy atom. The molecule has 0 saturated heterocycles. The Hall–Kier alpha value is -1.36. The van der Waals surface area contributed by atoms with Gasteiger partial charge in [0.2, 0.25) is 5.91 Å². The summed E-state index contributed by atoms with van der Waals surface area (Å²) < 4.78 is 5.98. The van der Waals surface area contributed by atoms with Crippen molar-refractivity contribution in [3.05, 3.63) is 22.4 Å². The van der Waals surface area contributed by atoms with Gasteiger partial charge >= 0.3 is 0 Å². The molecule has 3 rings (SSSR count). The maximum atomic E-state index is 11.8. The average Bonchev–Trinajstić information content (AvgIpc) is 3.08. The summed E-state index contributed by atoms with van der Waals surface area (Å²) >= 11 is 1.59. The van der Waals surface area contributed by atoms with Gasteiger partial charge in [-0.1, -0.05) is 25.3 Å². The fourth-order valence-electron chi connectivity index (χ4n) is 2.82. The summed E-state index contributed by atoms with van der Waals surface area (Å²) in [5.41, 5.74) is 0. The molecule has 2 heterocycles. The topological polar surface area (TPSA) is 41.9 Å². The van der Waals surface area contributed by atoms with Crippen LogP contribution in [-0.2, 0) is 9.53 Å². The van der Waals surface area contributed by atoms with Gasteiger partial charge in [0.1, 0.15) is 0 Å². The fourth-order valence-corrected chi connectivity index (χ4v) is 3.47. The van der Waals surface area contributed by atoms with Crippen LogP contribution < -0.4 is 0 Å². The molecule has 4 nitrogen and oxygen atoms in total. The molecule has 2 aliphatic rings. The predicted octanol–water partition coefficient (Wildman–Crippen LogP) is 3.19. The average molecular weight is 278 g/mol. The standard InChI is InChI=1S/C14H18N2O2S/c1-10(17)16-14(11-6-3-2-4-7-11)18-13(15-16)12-8-5-9-19-12/h5,8-9,11,14H,2-4,6-7H2,1H3. The number of hydrogen-bond donors (Lipinski definition) is 0. The monoisotopic (exact) mass is 278 g/mol. The van der Waals surface area contributed by atoms with Crippen LogP contribution in [0.2, 0.25) is 0 Å². The van der Waals surface area contributed by atoms with E-state index < -0.39 is 0 Å². The number of thiophene rings is 1. The summed E-state index contributed by atoms with van der Waals surface area (Å²) in [4.78, 5) is 12.7. The Labute approximate surface area is 117 Å². The molecule has 19 heavy (non-hydrogen) atoms. The molecular weight excluding hydrogens is 260 g/mol. The van der Waals surface area contributed by atoms with E-state index in [2.05, 4.69) is 5.10 Å². The number of rotatable bonds is 2. The smallest absolute Gasteiger partial charge is 0.251 e. The van der Waals surface area contributed by atoms with E-state index in [0.29, 0.717) is 11.8 Å². The van der Waals surface area contributed by atoms with Crippen LogP contribution in [0.5, 0.6) is 0 Å². The minimum Gasteiger partial charge on any atom is -0.449 e. The first-order valence-corrected chi connectivity index (χ1v) is 7.72. The summed E-state index contributed by atoms with van der Waals surface area (Å²) in [6.45, 7) is 1.56. The molecule has 1 aromatic heterocycles. The number of hydrogen-bond acceptors (Lipinski definition) is 4. The van der Waals surface area contributed by atoms with Crippen molar-refractivity contribution in [3.8, 4) is 0 Å². The quantitative estimate of drug-likeness (QED) is 0.833. The van der Waals surface area contributed by atoms with Crippen molar-refractivity contribution in [2.75, 3.05) is 0 Å². The highest BCUT2D eigenvalue weighted by molar-refractivity contribution is 7.12. The highest BCUT2D eigenvalue weighted by atomic mass is 32.1. The Bertz CT molecular complexity index is 478. The Morgan fingerprint density at radius 1 is 1.42 bits per heavy atom. The number of hydrazone groups is 1. The van der Waals surface area contributed by atoms with Gasteiger partial charge in [-0.05, 0) is 24.3 Å². The van der Waals surface area contributed by atoms with Crippen LogP contribution in [0.1, 0.15) is 43.9 Å². The van der Waals surface area contributed by atoms with E-state index >= 15 is 0 Å². The molecule has 5 heteroatoms. The van der Waals surface area contributed by atoms with Crippen LogP contribution >= 0.6 is 11.3 Å². The zero-order chi connectivity index (χ0) is 13.2. The van der Waals surface area contributed by atoms with Crippen molar-refractivity contribution in [1.29, 1.82) is 0 Å². The van der Waals surface area contributed by atoms with Gasteiger partial charge in [-0.15, -0.1) is 16.4 Å². The molecule has 102 valence electrons. The van der Waals surface area contributed by atoms with Crippen molar-refractivity contribution in [2.45, 2.75) is 45.3 Å². The molecule has 0 bridgehead atoms. The minimum absolute atomic E-state index is 0.0397. The van der Waals surface area contributed by atoms with Crippen LogP contribution in [0.25, 0.3) is 0 Å². The van der Waals surface area contributed by atoms with Gasteiger partial charge in [0.05, 0.1) is 4.88 Å². The molecule has 1 atom stereocenters. The van der Waals surface area contributed by atoms with Gasteiger partial charge in [-0.25, -0.2) is 0 Å². The SMILES string of the molecule is CC(=O)N1N=C(c2cccs2)OC1C1CCCCC1. The van der Waals surface area contributed by atoms with Crippen molar-refractivity contribution in [2.24, 2.45) is 11.0 Å². The third-order valence-corrected chi connectivity index (χ3v) is 4.64. The fraction of sp³-hybridized carbons (Fsp3) is 0.571. The first-order chi connectivity index (χ1) is 9.25. The normalized spacial score (nSPS) is 24.2. The van der Waals surface area contributed by atoms with Crippen molar-refractivity contribution in [1.82, 2.24) is 5.01 Å². The van der Waals surface area contributed by atoms with Gasteiger partial charge in [0.15, 0.2) is 6.23 Å². The van der Waals surface area contributed by atoms with Gasteiger partial charge in [0, 0.05) is 12.8 Å². The van der Waals surface area contributed by atoms with Gasteiger partial charge in [-0.3, -0.25) is 4.79 Å². The predicted molar refractivity (Wildman–Crippen MR) is 74.8 cm³/mol. The molecule has 1 unspecified atom stereocenters. The number of carbonyl (C=O) groups excluding carboxylic acids is 1. The lowest BCUT2D eigenvalue weighted by Gasteiger charge is -2.30. The van der Waals surface area contributed by atoms with Crippen molar-refractivity contribution < 1.29 is 9.53 Å². The van der Waals surface area contributed by atoms with Crippen LogP contribution in [-0.4, -0.2) is 23.0 Å². The first-order valence-electron chi connectivity index (χ1n) is 6.84. The highest BCUT2D eigenvalue weighted by Gasteiger charge is 2.38. The van der Waals surface area contributed by atoms with Crippen LogP contribution in [0.3, 0.4) is 0 Å². The molecule has 0 spiro atoms. The van der Waals surface area contributed by atoms with E-state index in [1.165, 1.54) is 24.3 Å². The zero-order valence-electron chi connectivity index (χ0n) is 11.0. The molecular formula is C14H18N2O2S. The van der Waals surface area contributed by atoms with E-state index in [1.807, 2.05) is 17.5 Å². The summed E-state index contributed by atoms with van der Waals surface area (Å²) in [6.07, 6.45) is 5.80. The van der Waals surface area contributed by atoms with Gasteiger partial charge in [0.25, 0.3) is 5.90 Å². The Morgan fingerprint density at radius 2 is 2.21 bits per heavy atom. The lowest BCUT2D eigenvalue weighted by molar-refractivity contribution is -0.138. The number of amides is 1. The van der Waals surface area contributed by atoms with Gasteiger partial charge in [-0.2, -0.15) is 5.01 Å². The van der Waals surface area contributed by atoms with Crippen molar-refractivity contribution >= 4 is 23.1 Å². The van der Waals surface area contributed by atoms with E-state index in [0.717, 1.165) is 17.7 Å². The number of ether oxygens (including phenoxy) is 1. The lowest BCUT2D eigenvalue weighted by Crippen LogP contribution is -2.39. The second kappa shape index (κ2) is 5.33. The van der Waals surface area contributed by atoms with E-state index in [9.17, 15) is 4.79 Å². The second-order valence-corrected chi connectivity index (χ2v) is 6.10. The molecule has 0 N–H and O–H groups in total. The highest BCUT2D eigenvalue weighted by Crippen LogP contribution is 2.33. The summed E-state index contributed by atoms with van der Waals surface area (Å²) in [6, 6.07) is 3.95. The lowest BCUT2D eigenvalue weighted by atomic mass is 9.88. The Kier molecular flexibility index (Phi) is 3.55. The van der Waals surface area contributed by atoms with Crippen LogP contribution in [0, 0.1) is 5.92 Å². The molecule has 1 amide bonds. The first kappa shape index (κ1) is 12.7. The van der Waals surface area contributed by atoms with E-state index in [4.69, 9.17) is 4.74 Å². The maximum absolute atomic E-state index is 11.8. The maximum Gasteiger partial charge on any atom is 0.251 e. The van der Waals surface area contributed by atoms with E-state index in [-0.39, 0.29) is 12.1 Å². The van der Waals surface area contributed by atoms with Gasteiger partial charge < -0.3 is 4.74 Å². The third kappa shape index (κ3) is 2.52. The third-order valence-electron chi connectivity index (χ3n) is 3.78. The zero-order valence-corrected chi connectivity index (χ0v) is 11.9. The largest absolute Gasteiger partial charge is 0.449 e. The summed E-state index contributed by atoms with van der Waals surface area (Å²) in [5.74, 6) is 0.974. The molecule has 1 aromatic rings. The summed E-state index contributed by atoms with van der Waals surface area (Å²) in [7, 11) is 0. The molecule has 0 aromatic carbocycles. The van der Waals surface area contributed by atoms with Crippen LogP contribution in [0.4, 0.5) is 0 Å². The van der Waals surface area contributed by atoms with E-state index in [1.54, 1.807) is 18.3 Å². The molecule has 0 radical (unpaired) electrons. The summed E-state index contributed by atoms with van der Waals surface area (Å²) in [5, 5.41) is 7.90. The number of nitrogens with zero attached hydrogens (tertiary/aromatic N) is 2. The number of carbonyl (C=O) groups is 1. The second-order valence-electron chi connectivity index (χ2n) is 5.15. The molecule has 1 fully saturated rings. The van der Waals surface area contributed by atoms with Crippen molar-refractivity contribution in [3.63, 3.8) is 0 Å². The minimum atomic E-state index is -0.199. The molecule has 1 saturated carbocycles. The molecule has 1 aliphatic carbocycles. The molecule has 1 aliphatic heterocycles.